The van der Waals surface area contributed by atoms with Crippen molar-refractivity contribution in [1.29, 1.82) is 0 Å². The molecule has 0 amide bonds. The van der Waals surface area contributed by atoms with Crippen molar-refractivity contribution in [2.24, 2.45) is 0 Å². The molecule has 1 N–H and O–H groups in total. The fourth-order valence-corrected chi connectivity index (χ4v) is 5.33. The average Bonchev–Trinajstić information content (AvgIpc) is 3.45. The topological polar surface area (TPSA) is 87.0 Å². The van der Waals surface area contributed by atoms with E-state index >= 15 is 0 Å². The molecule has 0 fully saturated rings. The summed E-state index contributed by atoms with van der Waals surface area (Å²) in [6.45, 7) is 1.81. The van der Waals surface area contributed by atoms with Gasteiger partial charge in [-0.3, -0.25) is 0 Å². The van der Waals surface area contributed by atoms with E-state index < -0.39 is 0 Å². The number of ether oxygens (including phenoxy) is 2. The second kappa shape index (κ2) is 7.24. The summed E-state index contributed by atoms with van der Waals surface area (Å²) in [5.41, 5.74) is 2.51. The van der Waals surface area contributed by atoms with Crippen LogP contribution in [0, 0.1) is 0 Å². The number of hydrogen-bond donors (Lipinski definition) is 1. The zero-order valence-electron chi connectivity index (χ0n) is 16.3. The number of anilines is 1. The molecule has 0 saturated heterocycles. The largest absolute Gasteiger partial charge is 0.486 e. The number of fused-ring (bicyclic) bond motifs is 4. The molecule has 8 nitrogen and oxygen atoms in total. The maximum Gasteiger partial charge on any atom is 0.255 e. The Balaban J connectivity index is 1.39. The van der Waals surface area contributed by atoms with Crippen molar-refractivity contribution in [3.05, 3.63) is 46.9 Å². The minimum atomic E-state index is 0.531. The van der Waals surface area contributed by atoms with Crippen molar-refractivity contribution in [1.82, 2.24) is 24.7 Å². The van der Waals surface area contributed by atoms with E-state index in [-0.39, 0.29) is 0 Å². The van der Waals surface area contributed by atoms with Crippen LogP contribution in [-0.4, -0.2) is 37.9 Å². The molecular formula is C21H20N6O2S. The maximum atomic E-state index is 5.72. The first-order valence-electron chi connectivity index (χ1n) is 10.1. The summed E-state index contributed by atoms with van der Waals surface area (Å²) in [6, 6.07) is 6.05. The Morgan fingerprint density at radius 2 is 1.97 bits per heavy atom. The van der Waals surface area contributed by atoms with Crippen LogP contribution in [0.3, 0.4) is 0 Å². The van der Waals surface area contributed by atoms with Crippen LogP contribution in [0.2, 0.25) is 0 Å². The summed E-state index contributed by atoms with van der Waals surface area (Å²) in [5, 5.41) is 8.91. The SMILES string of the molecule is c1ncn(-c2nc(NCc3ccc4c(c3)OCCO4)c3c4c(sc3n2)CCCC4)n1. The lowest BCUT2D eigenvalue weighted by atomic mass is 9.97. The molecule has 30 heavy (non-hydrogen) atoms. The van der Waals surface area contributed by atoms with Crippen LogP contribution in [0.15, 0.2) is 30.9 Å². The predicted octanol–water partition coefficient (Wildman–Crippen LogP) is 3.53. The molecule has 3 aromatic heterocycles. The van der Waals surface area contributed by atoms with Crippen LogP contribution >= 0.6 is 11.3 Å². The molecule has 0 unspecified atom stereocenters. The fraction of sp³-hybridized carbons (Fsp3) is 0.333. The molecule has 1 aliphatic heterocycles. The first kappa shape index (κ1) is 17.6. The van der Waals surface area contributed by atoms with Gasteiger partial charge in [0.25, 0.3) is 5.95 Å². The van der Waals surface area contributed by atoms with Gasteiger partial charge in [-0.05, 0) is 48.9 Å². The van der Waals surface area contributed by atoms with Gasteiger partial charge in [-0.15, -0.1) is 11.3 Å². The van der Waals surface area contributed by atoms with Crippen molar-refractivity contribution in [3.8, 4) is 17.4 Å². The van der Waals surface area contributed by atoms with Gasteiger partial charge in [0.1, 0.15) is 36.5 Å². The van der Waals surface area contributed by atoms with Gasteiger partial charge in [0.05, 0.1) is 5.39 Å². The summed E-state index contributed by atoms with van der Waals surface area (Å²) in [5.74, 6) is 2.97. The van der Waals surface area contributed by atoms with Crippen LogP contribution in [0.25, 0.3) is 16.2 Å². The Bertz CT molecular complexity index is 1220. The first-order valence-corrected chi connectivity index (χ1v) is 11.0. The van der Waals surface area contributed by atoms with E-state index in [1.807, 2.05) is 12.1 Å². The Labute approximate surface area is 176 Å². The van der Waals surface area contributed by atoms with Crippen molar-refractivity contribution >= 4 is 27.4 Å². The van der Waals surface area contributed by atoms with Gasteiger partial charge in [-0.2, -0.15) is 19.7 Å². The number of aromatic nitrogens is 5. The number of nitrogens with zero attached hydrogens (tertiary/aromatic N) is 5. The minimum absolute atomic E-state index is 0.531. The van der Waals surface area contributed by atoms with Crippen molar-refractivity contribution < 1.29 is 9.47 Å². The highest BCUT2D eigenvalue weighted by Gasteiger charge is 2.22. The normalized spacial score (nSPS) is 15.2. The van der Waals surface area contributed by atoms with Gasteiger partial charge in [-0.25, -0.2) is 4.98 Å². The molecule has 1 aromatic carbocycles. The van der Waals surface area contributed by atoms with Crippen LogP contribution in [0.5, 0.6) is 11.5 Å². The van der Waals surface area contributed by atoms with Crippen LogP contribution in [-0.2, 0) is 19.4 Å². The number of aryl methyl sites for hydroxylation is 2. The average molecular weight is 420 g/mol. The van der Waals surface area contributed by atoms with Gasteiger partial charge in [-0.1, -0.05) is 6.07 Å². The Kier molecular flexibility index (Phi) is 4.26. The van der Waals surface area contributed by atoms with E-state index in [2.05, 4.69) is 21.5 Å². The highest BCUT2D eigenvalue weighted by Crippen LogP contribution is 2.39. The molecule has 0 bridgehead atoms. The van der Waals surface area contributed by atoms with Gasteiger partial charge in [0.2, 0.25) is 0 Å². The molecular weight excluding hydrogens is 400 g/mol. The molecule has 4 heterocycles. The van der Waals surface area contributed by atoms with Crippen LogP contribution in [0.4, 0.5) is 5.82 Å². The third-order valence-corrected chi connectivity index (χ3v) is 6.68. The quantitative estimate of drug-likeness (QED) is 0.540. The zero-order chi connectivity index (χ0) is 19.9. The van der Waals surface area contributed by atoms with Gasteiger partial charge < -0.3 is 14.8 Å². The number of hydrogen-bond acceptors (Lipinski definition) is 8. The van der Waals surface area contributed by atoms with E-state index in [1.165, 1.54) is 29.6 Å². The minimum Gasteiger partial charge on any atom is -0.486 e. The van der Waals surface area contributed by atoms with Gasteiger partial charge in [0, 0.05) is 11.4 Å². The molecule has 152 valence electrons. The second-order valence-electron chi connectivity index (χ2n) is 7.43. The third-order valence-electron chi connectivity index (χ3n) is 5.49. The fourth-order valence-electron chi connectivity index (χ4n) is 4.07. The van der Waals surface area contributed by atoms with E-state index in [9.17, 15) is 0 Å². The van der Waals surface area contributed by atoms with Crippen molar-refractivity contribution in [2.75, 3.05) is 18.5 Å². The standard InChI is InChI=1S/C21H20N6O2S/c1-2-4-17-14(3-1)18-19(25-21(26-20(18)30-17)27-12-22-11-24-27)23-10-13-5-6-15-16(9-13)29-8-7-28-15/h5-6,9,11-12H,1-4,7-8,10H2,(H,23,25,26). The monoisotopic (exact) mass is 420 g/mol. The Morgan fingerprint density at radius 1 is 1.07 bits per heavy atom. The van der Waals surface area contributed by atoms with E-state index in [4.69, 9.17) is 19.4 Å². The lowest BCUT2D eigenvalue weighted by molar-refractivity contribution is 0.171. The van der Waals surface area contributed by atoms with E-state index in [0.29, 0.717) is 25.7 Å². The van der Waals surface area contributed by atoms with E-state index in [1.54, 1.807) is 22.3 Å². The Morgan fingerprint density at radius 3 is 2.87 bits per heavy atom. The number of rotatable bonds is 4. The van der Waals surface area contributed by atoms with Gasteiger partial charge in [0.15, 0.2) is 11.5 Å². The molecule has 2 aliphatic rings. The smallest absolute Gasteiger partial charge is 0.255 e. The summed E-state index contributed by atoms with van der Waals surface area (Å²) in [4.78, 5) is 16.1. The highest BCUT2D eigenvalue weighted by atomic mass is 32.1. The number of benzene rings is 1. The molecule has 9 heteroatoms. The molecule has 0 saturated carbocycles. The summed E-state index contributed by atoms with van der Waals surface area (Å²) >= 11 is 1.78. The number of nitrogens with one attached hydrogen (secondary N) is 1. The van der Waals surface area contributed by atoms with Crippen LogP contribution in [0.1, 0.15) is 28.8 Å². The highest BCUT2D eigenvalue weighted by molar-refractivity contribution is 7.19. The summed E-state index contributed by atoms with van der Waals surface area (Å²) < 4.78 is 13.0. The summed E-state index contributed by atoms with van der Waals surface area (Å²) in [7, 11) is 0. The second-order valence-corrected chi connectivity index (χ2v) is 8.52. The van der Waals surface area contributed by atoms with Crippen LogP contribution < -0.4 is 14.8 Å². The van der Waals surface area contributed by atoms with Crippen molar-refractivity contribution in [3.63, 3.8) is 0 Å². The molecule has 0 atom stereocenters. The Hall–Kier alpha value is -3.20. The lowest BCUT2D eigenvalue weighted by Crippen LogP contribution is -2.15. The zero-order valence-corrected chi connectivity index (χ0v) is 17.1. The van der Waals surface area contributed by atoms with E-state index in [0.717, 1.165) is 45.9 Å². The predicted molar refractivity (Wildman–Crippen MR) is 114 cm³/mol. The molecule has 0 radical (unpaired) electrons. The lowest BCUT2D eigenvalue weighted by Gasteiger charge is -2.19. The molecule has 6 rings (SSSR count). The van der Waals surface area contributed by atoms with Gasteiger partial charge >= 0.3 is 0 Å². The molecule has 4 aromatic rings. The first-order chi connectivity index (χ1) is 14.8. The third kappa shape index (κ3) is 3.06. The van der Waals surface area contributed by atoms with Crippen molar-refractivity contribution in [2.45, 2.75) is 32.2 Å². The molecule has 0 spiro atoms. The number of thiophene rings is 1. The molecule has 1 aliphatic carbocycles. The summed E-state index contributed by atoms with van der Waals surface area (Å²) in [6.07, 6.45) is 7.78. The maximum absolute atomic E-state index is 5.72.